The summed E-state index contributed by atoms with van der Waals surface area (Å²) >= 11 is 1.51. The number of anilines is 1. The highest BCUT2D eigenvalue weighted by Crippen LogP contribution is 2.38. The van der Waals surface area contributed by atoms with E-state index < -0.39 is 14.1 Å². The molecule has 3 aromatic rings. The van der Waals surface area contributed by atoms with Gasteiger partial charge in [0, 0.05) is 11.3 Å². The molecule has 0 fully saturated rings. The second-order valence-electron chi connectivity index (χ2n) is 8.35. The number of nitrogens with one attached hydrogen (secondary N) is 1. The van der Waals surface area contributed by atoms with Gasteiger partial charge < -0.3 is 9.74 Å². The minimum atomic E-state index is -2.17. The molecule has 0 unspecified atom stereocenters. The summed E-state index contributed by atoms with van der Waals surface area (Å²) in [5.41, 5.74) is 3.66. The molecule has 1 N–H and O–H groups in total. The molecular weight excluding hydrogens is 391 g/mol. The number of carbonyl (C=O) groups is 1. The molecule has 0 radical (unpaired) electrons. The first-order chi connectivity index (χ1) is 13.1. The highest BCUT2D eigenvalue weighted by atomic mass is 32.1. The van der Waals surface area contributed by atoms with Gasteiger partial charge in [0.15, 0.2) is 5.82 Å². The van der Waals surface area contributed by atoms with Gasteiger partial charge >= 0.3 is 0 Å². The van der Waals surface area contributed by atoms with E-state index in [0.29, 0.717) is 11.3 Å². The summed E-state index contributed by atoms with van der Waals surface area (Å²) in [6, 6.07) is 10.5. The summed E-state index contributed by atoms with van der Waals surface area (Å²) in [5.74, 6) is -0.504. The maximum atomic E-state index is 15.0. The molecule has 4 nitrogen and oxygen atoms in total. The fraction of sp³-hybridized carbons (Fsp3) is 0.333. The lowest BCUT2D eigenvalue weighted by Crippen LogP contribution is -2.44. The fourth-order valence-corrected chi connectivity index (χ4v) is 4.24. The molecular formula is C21H25FN2O2SSi. The van der Waals surface area contributed by atoms with Crippen molar-refractivity contribution in [2.75, 3.05) is 5.32 Å². The highest BCUT2D eigenvalue weighted by Gasteiger charge is 2.39. The smallest absolute Gasteiger partial charge is 0.250 e. The van der Waals surface area contributed by atoms with E-state index in [1.54, 1.807) is 29.8 Å². The molecule has 3 rings (SSSR count). The average Bonchev–Trinajstić information content (AvgIpc) is 3.05. The Morgan fingerprint density at radius 2 is 2.00 bits per heavy atom. The zero-order valence-corrected chi connectivity index (χ0v) is 18.6. The van der Waals surface area contributed by atoms with Crippen LogP contribution in [-0.2, 0) is 11.2 Å². The SMILES string of the molecule is CC(C)(C)[Si](C)(C)Oc1cccc(CC(=O)Nc2ccc3ncsc3c2)c1F. The van der Waals surface area contributed by atoms with Crippen molar-refractivity contribution in [2.24, 2.45) is 0 Å². The van der Waals surface area contributed by atoms with Gasteiger partial charge in [0.2, 0.25) is 5.91 Å². The Morgan fingerprint density at radius 1 is 1.25 bits per heavy atom. The van der Waals surface area contributed by atoms with Crippen LogP contribution in [0, 0.1) is 5.82 Å². The third kappa shape index (κ3) is 4.42. The number of nitrogens with zero attached hydrogens (tertiary/aromatic N) is 1. The standard InChI is InChI=1S/C21H25FN2O2SSi/c1-21(2,3)28(4,5)26-17-8-6-7-14(20(17)22)11-19(25)24-15-9-10-16-18(12-15)27-13-23-16/h6-10,12-13H,11H2,1-5H3,(H,24,25). The molecule has 28 heavy (non-hydrogen) atoms. The molecule has 148 valence electrons. The molecule has 0 bridgehead atoms. The molecule has 0 aliphatic heterocycles. The first-order valence-corrected chi connectivity index (χ1v) is 13.0. The molecule has 0 atom stereocenters. The van der Waals surface area contributed by atoms with Gasteiger partial charge in [0.25, 0.3) is 8.32 Å². The Labute approximate surface area is 169 Å². The number of hydrogen-bond donors (Lipinski definition) is 1. The van der Waals surface area contributed by atoms with Crippen LogP contribution >= 0.6 is 11.3 Å². The van der Waals surface area contributed by atoms with Crippen molar-refractivity contribution in [1.82, 2.24) is 4.98 Å². The van der Waals surface area contributed by atoms with E-state index in [4.69, 9.17) is 4.43 Å². The molecule has 2 aromatic carbocycles. The number of carbonyl (C=O) groups excluding carboxylic acids is 1. The van der Waals surface area contributed by atoms with Crippen molar-refractivity contribution < 1.29 is 13.6 Å². The maximum absolute atomic E-state index is 15.0. The monoisotopic (exact) mass is 416 g/mol. The zero-order chi connectivity index (χ0) is 20.5. The lowest BCUT2D eigenvalue weighted by atomic mass is 10.1. The van der Waals surface area contributed by atoms with E-state index >= 15 is 0 Å². The quantitative estimate of drug-likeness (QED) is 0.519. The van der Waals surface area contributed by atoms with Crippen molar-refractivity contribution >= 4 is 41.5 Å². The number of halogens is 1. The van der Waals surface area contributed by atoms with Gasteiger partial charge in [-0.15, -0.1) is 11.3 Å². The lowest BCUT2D eigenvalue weighted by molar-refractivity contribution is -0.115. The number of hydrogen-bond acceptors (Lipinski definition) is 4. The van der Waals surface area contributed by atoms with E-state index in [0.717, 1.165) is 10.2 Å². The molecule has 1 aromatic heterocycles. The summed E-state index contributed by atoms with van der Waals surface area (Å²) < 4.78 is 22.1. The Hall–Kier alpha value is -2.25. The Morgan fingerprint density at radius 3 is 2.71 bits per heavy atom. The minimum absolute atomic E-state index is 0.0396. The van der Waals surface area contributed by atoms with E-state index in [-0.39, 0.29) is 23.1 Å². The largest absolute Gasteiger partial charge is 0.542 e. The maximum Gasteiger partial charge on any atom is 0.250 e. The molecule has 7 heteroatoms. The van der Waals surface area contributed by atoms with Gasteiger partial charge in [-0.3, -0.25) is 4.79 Å². The zero-order valence-electron chi connectivity index (χ0n) is 16.8. The van der Waals surface area contributed by atoms with Crippen LogP contribution in [0.1, 0.15) is 26.3 Å². The summed E-state index contributed by atoms with van der Waals surface area (Å²) in [6.45, 7) is 10.5. The van der Waals surface area contributed by atoms with Gasteiger partial charge in [-0.1, -0.05) is 32.9 Å². The van der Waals surface area contributed by atoms with Crippen molar-refractivity contribution in [1.29, 1.82) is 0 Å². The van der Waals surface area contributed by atoms with Crippen molar-refractivity contribution in [2.45, 2.75) is 45.3 Å². The summed E-state index contributed by atoms with van der Waals surface area (Å²) in [6.07, 6.45) is -0.0543. The number of amides is 1. The Bertz CT molecular complexity index is 1010. The van der Waals surface area contributed by atoms with Gasteiger partial charge in [-0.2, -0.15) is 0 Å². The fourth-order valence-electron chi connectivity index (χ4n) is 2.51. The summed E-state index contributed by atoms with van der Waals surface area (Å²) in [7, 11) is -2.17. The minimum Gasteiger partial charge on any atom is -0.542 e. The molecule has 1 heterocycles. The Balaban J connectivity index is 1.74. The average molecular weight is 417 g/mol. The number of rotatable bonds is 5. The van der Waals surface area contributed by atoms with Crippen molar-refractivity contribution in [3.63, 3.8) is 0 Å². The first-order valence-electron chi connectivity index (χ1n) is 9.16. The number of thiazole rings is 1. The van der Waals surface area contributed by atoms with Gasteiger partial charge in [0.1, 0.15) is 5.75 Å². The molecule has 0 aliphatic carbocycles. The molecule has 0 spiro atoms. The number of benzene rings is 2. The van der Waals surface area contributed by atoms with Crippen LogP contribution in [0.4, 0.5) is 10.1 Å². The third-order valence-electron chi connectivity index (χ3n) is 5.18. The topological polar surface area (TPSA) is 51.2 Å². The van der Waals surface area contributed by atoms with Crippen LogP contribution in [0.2, 0.25) is 18.1 Å². The van der Waals surface area contributed by atoms with E-state index in [1.165, 1.54) is 11.3 Å². The van der Waals surface area contributed by atoms with Gasteiger partial charge in [-0.05, 0) is 42.4 Å². The summed E-state index contributed by atoms with van der Waals surface area (Å²) in [4.78, 5) is 16.7. The molecule has 0 aliphatic rings. The van der Waals surface area contributed by atoms with Crippen molar-refractivity contribution in [3.8, 4) is 5.75 Å². The number of aromatic nitrogens is 1. The van der Waals surface area contributed by atoms with Gasteiger partial charge in [-0.25, -0.2) is 9.37 Å². The van der Waals surface area contributed by atoms with E-state index in [2.05, 4.69) is 44.2 Å². The van der Waals surface area contributed by atoms with Crippen LogP contribution in [0.5, 0.6) is 5.75 Å². The summed E-state index contributed by atoms with van der Waals surface area (Å²) in [5, 5.41) is 2.79. The van der Waals surface area contributed by atoms with Crippen LogP contribution in [0.3, 0.4) is 0 Å². The number of fused-ring (bicyclic) bond motifs is 1. The molecule has 0 saturated heterocycles. The lowest BCUT2D eigenvalue weighted by Gasteiger charge is -2.36. The molecule has 1 amide bonds. The van der Waals surface area contributed by atoms with Crippen LogP contribution in [0.15, 0.2) is 41.9 Å². The van der Waals surface area contributed by atoms with Crippen LogP contribution in [0.25, 0.3) is 10.2 Å². The van der Waals surface area contributed by atoms with Gasteiger partial charge in [0.05, 0.1) is 22.1 Å². The third-order valence-corrected chi connectivity index (χ3v) is 10.3. The molecule has 0 saturated carbocycles. The van der Waals surface area contributed by atoms with Crippen molar-refractivity contribution in [3.05, 3.63) is 53.3 Å². The first kappa shape index (κ1) is 20.5. The highest BCUT2D eigenvalue weighted by molar-refractivity contribution is 7.16. The van der Waals surface area contributed by atoms with Crippen LogP contribution in [-0.4, -0.2) is 19.2 Å². The Kier molecular flexibility index (Phi) is 5.59. The van der Waals surface area contributed by atoms with Crippen LogP contribution < -0.4 is 9.74 Å². The van der Waals surface area contributed by atoms with E-state index in [1.807, 2.05) is 12.1 Å². The predicted octanol–water partition coefficient (Wildman–Crippen LogP) is 6.00. The normalized spacial score (nSPS) is 12.2. The second-order valence-corrected chi connectivity index (χ2v) is 14.0. The second kappa shape index (κ2) is 7.64. The predicted molar refractivity (Wildman–Crippen MR) is 116 cm³/mol. The van der Waals surface area contributed by atoms with E-state index in [9.17, 15) is 9.18 Å².